The standard InChI is InChI=1S/C15H13N5OS/c1-10-2-3-14(22-10)12-8-13(19-18-12)15(21)20-17-9-11-4-6-16-7-5-11/h2-9H,1H3,(H,18,19)(H,20,21)/b17-9-. The number of aromatic amines is 1. The third-order valence-corrected chi connectivity index (χ3v) is 3.94. The highest BCUT2D eigenvalue weighted by Crippen LogP contribution is 2.26. The molecule has 2 N–H and O–H groups in total. The zero-order valence-corrected chi connectivity index (χ0v) is 12.6. The third-order valence-electron chi connectivity index (χ3n) is 2.90. The molecule has 1 amide bonds. The Labute approximate surface area is 130 Å². The summed E-state index contributed by atoms with van der Waals surface area (Å²) in [5.41, 5.74) is 4.42. The number of hydrazone groups is 1. The summed E-state index contributed by atoms with van der Waals surface area (Å²) in [7, 11) is 0. The fraction of sp³-hybridized carbons (Fsp3) is 0.0667. The van der Waals surface area contributed by atoms with Crippen molar-refractivity contribution in [3.05, 3.63) is 58.9 Å². The summed E-state index contributed by atoms with van der Waals surface area (Å²) >= 11 is 1.64. The summed E-state index contributed by atoms with van der Waals surface area (Å²) in [6, 6.07) is 9.32. The highest BCUT2D eigenvalue weighted by atomic mass is 32.1. The van der Waals surface area contributed by atoms with Gasteiger partial charge in [0.2, 0.25) is 0 Å². The molecule has 0 bridgehead atoms. The van der Waals surface area contributed by atoms with E-state index in [1.807, 2.05) is 19.1 Å². The lowest BCUT2D eigenvalue weighted by molar-refractivity contribution is 0.0950. The van der Waals surface area contributed by atoms with E-state index in [1.54, 1.807) is 48.1 Å². The van der Waals surface area contributed by atoms with Crippen LogP contribution in [0.5, 0.6) is 0 Å². The Bertz CT molecular complexity index is 806. The number of pyridine rings is 1. The number of carbonyl (C=O) groups excluding carboxylic acids is 1. The van der Waals surface area contributed by atoms with Crippen LogP contribution in [0.3, 0.4) is 0 Å². The van der Waals surface area contributed by atoms with Crippen molar-refractivity contribution < 1.29 is 4.79 Å². The lowest BCUT2D eigenvalue weighted by Gasteiger charge is -1.94. The van der Waals surface area contributed by atoms with Crippen LogP contribution in [0.2, 0.25) is 0 Å². The average molecular weight is 311 g/mol. The van der Waals surface area contributed by atoms with Crippen LogP contribution in [0.15, 0.2) is 47.8 Å². The predicted molar refractivity (Wildman–Crippen MR) is 85.9 cm³/mol. The number of amides is 1. The van der Waals surface area contributed by atoms with E-state index in [9.17, 15) is 4.79 Å². The molecule has 0 unspecified atom stereocenters. The Kier molecular flexibility index (Phi) is 4.06. The van der Waals surface area contributed by atoms with Gasteiger partial charge in [0.15, 0.2) is 5.69 Å². The zero-order chi connectivity index (χ0) is 15.4. The van der Waals surface area contributed by atoms with Gasteiger partial charge >= 0.3 is 0 Å². The number of hydrogen-bond acceptors (Lipinski definition) is 5. The van der Waals surface area contributed by atoms with Crippen molar-refractivity contribution in [3.63, 3.8) is 0 Å². The topological polar surface area (TPSA) is 83.0 Å². The molecule has 7 heteroatoms. The largest absolute Gasteiger partial charge is 0.291 e. The molecule has 3 aromatic rings. The van der Waals surface area contributed by atoms with Crippen LogP contribution in [-0.2, 0) is 0 Å². The van der Waals surface area contributed by atoms with Crippen molar-refractivity contribution in [1.29, 1.82) is 0 Å². The maximum Gasteiger partial charge on any atom is 0.291 e. The molecule has 0 saturated heterocycles. The highest BCUT2D eigenvalue weighted by Gasteiger charge is 2.11. The Morgan fingerprint density at radius 2 is 2.14 bits per heavy atom. The molecule has 6 nitrogen and oxygen atoms in total. The molecule has 0 atom stereocenters. The van der Waals surface area contributed by atoms with E-state index in [0.717, 1.165) is 16.1 Å². The first kappa shape index (κ1) is 14.2. The van der Waals surface area contributed by atoms with E-state index < -0.39 is 0 Å². The van der Waals surface area contributed by atoms with Gasteiger partial charge in [-0.1, -0.05) is 0 Å². The van der Waals surface area contributed by atoms with Gasteiger partial charge in [0.25, 0.3) is 5.91 Å². The van der Waals surface area contributed by atoms with Crippen molar-refractivity contribution >= 4 is 23.5 Å². The number of carbonyl (C=O) groups is 1. The molecule has 3 aromatic heterocycles. The zero-order valence-electron chi connectivity index (χ0n) is 11.8. The van der Waals surface area contributed by atoms with Crippen molar-refractivity contribution in [2.75, 3.05) is 0 Å². The number of rotatable bonds is 4. The number of thiophene rings is 1. The van der Waals surface area contributed by atoms with Crippen LogP contribution in [0.1, 0.15) is 20.9 Å². The van der Waals surface area contributed by atoms with E-state index in [0.29, 0.717) is 5.69 Å². The minimum atomic E-state index is -0.360. The van der Waals surface area contributed by atoms with Crippen molar-refractivity contribution in [2.24, 2.45) is 5.10 Å². The van der Waals surface area contributed by atoms with Gasteiger partial charge in [0.1, 0.15) is 0 Å². The van der Waals surface area contributed by atoms with Crippen LogP contribution in [0.25, 0.3) is 10.6 Å². The van der Waals surface area contributed by atoms with Gasteiger partial charge in [0.05, 0.1) is 16.8 Å². The molecule has 0 aromatic carbocycles. The molecule has 3 rings (SSSR count). The number of aromatic nitrogens is 3. The van der Waals surface area contributed by atoms with E-state index in [4.69, 9.17) is 0 Å². The third kappa shape index (κ3) is 3.26. The lowest BCUT2D eigenvalue weighted by Crippen LogP contribution is -2.17. The van der Waals surface area contributed by atoms with E-state index in [2.05, 4.69) is 25.7 Å². The van der Waals surface area contributed by atoms with E-state index in [-0.39, 0.29) is 5.91 Å². The first-order chi connectivity index (χ1) is 10.7. The van der Waals surface area contributed by atoms with Gasteiger partial charge in [-0.25, -0.2) is 5.43 Å². The Morgan fingerprint density at radius 1 is 1.32 bits per heavy atom. The SMILES string of the molecule is Cc1ccc(-c2cc(C(=O)N/N=C\c3ccncc3)n[nH]2)s1. The van der Waals surface area contributed by atoms with Gasteiger partial charge in [0, 0.05) is 17.3 Å². The van der Waals surface area contributed by atoms with Gasteiger partial charge < -0.3 is 0 Å². The van der Waals surface area contributed by atoms with Crippen molar-refractivity contribution in [3.8, 4) is 10.6 Å². The summed E-state index contributed by atoms with van der Waals surface area (Å²) in [4.78, 5) is 18.1. The molecule has 0 spiro atoms. The van der Waals surface area contributed by atoms with E-state index in [1.165, 1.54) is 4.88 Å². The quantitative estimate of drug-likeness (QED) is 0.574. The second-order valence-corrected chi connectivity index (χ2v) is 5.84. The smallest absolute Gasteiger partial charge is 0.276 e. The second-order valence-electron chi connectivity index (χ2n) is 4.56. The van der Waals surface area contributed by atoms with Crippen LogP contribution in [0.4, 0.5) is 0 Å². The van der Waals surface area contributed by atoms with Gasteiger partial charge in [-0.3, -0.25) is 14.9 Å². The van der Waals surface area contributed by atoms with Crippen molar-refractivity contribution in [2.45, 2.75) is 6.92 Å². The molecule has 110 valence electrons. The molecule has 0 aliphatic heterocycles. The molecule has 0 fully saturated rings. The highest BCUT2D eigenvalue weighted by molar-refractivity contribution is 7.15. The predicted octanol–water partition coefficient (Wildman–Crippen LogP) is 2.61. The monoisotopic (exact) mass is 311 g/mol. The summed E-state index contributed by atoms with van der Waals surface area (Å²) in [6.45, 7) is 2.03. The van der Waals surface area contributed by atoms with Crippen LogP contribution < -0.4 is 5.43 Å². The maximum absolute atomic E-state index is 12.0. The molecule has 0 aliphatic carbocycles. The minimum Gasteiger partial charge on any atom is -0.276 e. The summed E-state index contributed by atoms with van der Waals surface area (Å²) in [6.07, 6.45) is 4.87. The summed E-state index contributed by atoms with van der Waals surface area (Å²) in [5.74, 6) is -0.360. The van der Waals surface area contributed by atoms with E-state index >= 15 is 0 Å². The fourth-order valence-electron chi connectivity index (χ4n) is 1.82. The summed E-state index contributed by atoms with van der Waals surface area (Å²) < 4.78 is 0. The van der Waals surface area contributed by atoms with Crippen LogP contribution in [0, 0.1) is 6.92 Å². The summed E-state index contributed by atoms with van der Waals surface area (Å²) in [5, 5.41) is 10.8. The number of aryl methyl sites for hydroxylation is 1. The first-order valence-corrected chi connectivity index (χ1v) is 7.40. The molecule has 0 saturated carbocycles. The number of H-pyrrole nitrogens is 1. The van der Waals surface area contributed by atoms with Gasteiger partial charge in [-0.15, -0.1) is 11.3 Å². The molecule has 22 heavy (non-hydrogen) atoms. The number of nitrogens with one attached hydrogen (secondary N) is 2. The Hall–Kier alpha value is -2.80. The Morgan fingerprint density at radius 3 is 2.86 bits per heavy atom. The van der Waals surface area contributed by atoms with Crippen LogP contribution >= 0.6 is 11.3 Å². The molecule has 3 heterocycles. The normalized spacial score (nSPS) is 11.0. The van der Waals surface area contributed by atoms with Gasteiger partial charge in [-0.05, 0) is 42.8 Å². The number of hydrogen-bond donors (Lipinski definition) is 2. The molecular weight excluding hydrogens is 298 g/mol. The van der Waals surface area contributed by atoms with Gasteiger partial charge in [-0.2, -0.15) is 10.2 Å². The molecule has 0 radical (unpaired) electrons. The minimum absolute atomic E-state index is 0.299. The number of nitrogens with zero attached hydrogens (tertiary/aromatic N) is 3. The average Bonchev–Trinajstić information content (AvgIpc) is 3.17. The molecule has 0 aliphatic rings. The molecular formula is C15H13N5OS. The Balaban J connectivity index is 1.66. The van der Waals surface area contributed by atoms with Crippen molar-refractivity contribution in [1.82, 2.24) is 20.6 Å². The van der Waals surface area contributed by atoms with Crippen LogP contribution in [-0.4, -0.2) is 27.3 Å². The lowest BCUT2D eigenvalue weighted by atomic mass is 10.3. The second kappa shape index (κ2) is 6.31. The first-order valence-electron chi connectivity index (χ1n) is 6.58. The fourth-order valence-corrected chi connectivity index (χ4v) is 2.65. The maximum atomic E-state index is 12.0.